The van der Waals surface area contributed by atoms with Crippen molar-refractivity contribution in [1.82, 2.24) is 94.4 Å². The lowest BCUT2D eigenvalue weighted by Crippen LogP contribution is -2.48. The molecule has 4 aliphatic carbocycles. The first-order valence-corrected chi connectivity index (χ1v) is 38.2. The Kier molecular flexibility index (Phi) is 21.3. The van der Waals surface area contributed by atoms with Crippen molar-refractivity contribution < 1.29 is 36.8 Å². The van der Waals surface area contributed by atoms with Crippen LogP contribution in [-0.4, -0.2) is 193 Å². The number of carbonyl (C=O) groups excluding carboxylic acids is 4. The van der Waals surface area contributed by atoms with Gasteiger partial charge in [-0.05, 0) is 168 Å². The molecular weight excluding hydrogens is 1470 g/mol. The number of anilines is 4. The Bertz CT molecular complexity index is 5260. The van der Waals surface area contributed by atoms with Crippen molar-refractivity contribution in [2.45, 2.75) is 134 Å². The molecule has 113 heavy (non-hydrogen) atoms. The molecule has 19 rings (SSSR count). The van der Waals surface area contributed by atoms with Crippen molar-refractivity contribution in [1.29, 1.82) is 0 Å². The molecular formula is C81H81ClF3N23O5. The number of likely N-dealkylation sites (tertiary alicyclic amines) is 4. The van der Waals surface area contributed by atoms with Crippen LogP contribution in [0.15, 0.2) is 164 Å². The van der Waals surface area contributed by atoms with Crippen LogP contribution in [0.4, 0.5) is 37.0 Å². The SMILES string of the molecule is Cc1cnc(NC2CC3CC2N(C(=O)c2c(F)cccc2-c2ncco2)C3)nc1.Cc1cnc(NC2CC3CC2N(C(=O)c2ccccc2-c2ncc(F)cn2)C3)nc1.Cc1cnc(NC2CC3CC2N(C(=O)c2nc(C)ccc2C)C3)nc1.O=C(c1cccc(F)c1-n1nccn1)N1CC2CC(Nc3ncc(Cl)cn3)C1C2. The molecule has 28 nitrogen and oxygen atoms in total. The molecule has 12 heterocycles. The molecule has 8 bridgehead atoms. The van der Waals surface area contributed by atoms with Gasteiger partial charge in [0.2, 0.25) is 29.7 Å². The first kappa shape index (κ1) is 74.8. The second-order valence-corrected chi connectivity index (χ2v) is 30.7. The summed E-state index contributed by atoms with van der Waals surface area (Å²) in [6.45, 7) is 12.5. The van der Waals surface area contributed by atoms with Gasteiger partial charge in [-0.15, -0.1) is 4.80 Å². The van der Waals surface area contributed by atoms with Crippen molar-refractivity contribution in [3.8, 4) is 28.5 Å². The number of halogens is 4. The molecule has 32 heteroatoms. The van der Waals surface area contributed by atoms with E-state index in [4.69, 9.17) is 16.0 Å². The summed E-state index contributed by atoms with van der Waals surface area (Å²) in [5.74, 6) is 2.40. The minimum atomic E-state index is -0.570. The molecule has 12 atom stereocenters. The van der Waals surface area contributed by atoms with Crippen LogP contribution in [0.2, 0.25) is 5.02 Å². The zero-order valence-corrected chi connectivity index (χ0v) is 63.2. The van der Waals surface area contributed by atoms with Gasteiger partial charge >= 0.3 is 0 Å². The molecule has 8 fully saturated rings. The molecule has 4 aliphatic heterocycles. The highest BCUT2D eigenvalue weighted by molar-refractivity contribution is 6.30. The molecule has 3 aromatic carbocycles. The van der Waals surface area contributed by atoms with Crippen molar-refractivity contribution in [3.05, 3.63) is 232 Å². The third-order valence-electron chi connectivity index (χ3n) is 22.4. The smallest absolute Gasteiger partial charge is 0.273 e. The van der Waals surface area contributed by atoms with Crippen LogP contribution in [0.25, 0.3) is 28.5 Å². The number of oxazole rings is 1. The number of carbonyl (C=O) groups is 4. The Balaban J connectivity index is 0.000000114. The van der Waals surface area contributed by atoms with Crippen LogP contribution in [0, 0.1) is 75.7 Å². The van der Waals surface area contributed by atoms with Gasteiger partial charge in [0.1, 0.15) is 23.5 Å². The molecule has 8 aliphatic rings. The number of benzene rings is 3. The number of nitrogens with one attached hydrogen (secondary N) is 4. The maximum atomic E-state index is 14.7. The van der Waals surface area contributed by atoms with E-state index in [0.717, 1.165) is 110 Å². The summed E-state index contributed by atoms with van der Waals surface area (Å²) in [6.07, 6.45) is 29.5. The fraction of sp³-hybridized carbons (Fsp3) is 0.358. The summed E-state index contributed by atoms with van der Waals surface area (Å²) >= 11 is 5.85. The number of nitrogens with zero attached hydrogens (tertiary/aromatic N) is 19. The summed E-state index contributed by atoms with van der Waals surface area (Å²) in [4.78, 5) is 113. The Hall–Kier alpha value is -12.3. The standard InChI is InChI=1S/C22H21FN6O.C21H20FN5O2.C19H17ClFN7O.C19H23N5O/c1-13-8-26-22(27-9-13)28-18-6-14-7-19(18)29(12-14)21(30)17-5-3-2-4-16(17)20-24-10-15(23)11-25-20;1-12-9-24-21(25-10-12)26-16-7-13-8-17(16)27(11-13)20(28)18-14(3-2-4-15(18)22)19-23-5-6-29-19;20-12-8-22-19(23-9-12)26-15-6-11-7-16(15)27(10-11)18(29)13-2-1-3-14(21)17(13)28-24-4-5-25-28;1-11-8-20-19(21-9-11)23-15-6-14-7-16(15)24(10-14)18(25)17-12(2)4-5-13(3)22-17/h2-5,8-11,14,18-19H,6-7,12H2,1H3,(H,26,27,28);2-6,9-10,13,16-17H,7-8,11H2,1H3,(H,24,25,26);1-5,8-9,11,15-16H,6-7,10H2,(H,22,23,26);4-5,8-9,14-16H,6-7,10H2,1-3H3,(H,20,21,23). The zero-order chi connectivity index (χ0) is 78.1. The van der Waals surface area contributed by atoms with Gasteiger partial charge in [0.25, 0.3) is 23.6 Å². The van der Waals surface area contributed by atoms with E-state index in [-0.39, 0.29) is 94.7 Å². The molecule has 4 amide bonds. The predicted molar refractivity (Wildman–Crippen MR) is 412 cm³/mol. The quantitative estimate of drug-likeness (QED) is 0.0741. The number of para-hydroxylation sites is 1. The number of piperidine rings is 4. The van der Waals surface area contributed by atoms with Crippen molar-refractivity contribution in [2.24, 2.45) is 23.7 Å². The van der Waals surface area contributed by atoms with Gasteiger partial charge < -0.3 is 45.3 Å². The number of hydrogen-bond donors (Lipinski definition) is 4. The van der Waals surface area contributed by atoms with Crippen LogP contribution in [-0.2, 0) is 0 Å². The average molecular weight is 1550 g/mol. The fourth-order valence-electron chi connectivity index (χ4n) is 17.4. The molecule has 8 aromatic heterocycles. The van der Waals surface area contributed by atoms with Crippen molar-refractivity contribution >= 4 is 59.0 Å². The molecule has 12 unspecified atom stereocenters. The van der Waals surface area contributed by atoms with Gasteiger partial charge in [-0.25, -0.2) is 73.0 Å². The van der Waals surface area contributed by atoms with Crippen LogP contribution in [0.3, 0.4) is 0 Å². The van der Waals surface area contributed by atoms with E-state index in [2.05, 4.69) is 91.3 Å². The Morgan fingerprint density at radius 2 is 0.858 bits per heavy atom. The summed E-state index contributed by atoms with van der Waals surface area (Å²) in [5, 5.41) is 22.0. The van der Waals surface area contributed by atoms with E-state index in [1.54, 1.807) is 60.0 Å². The topological polar surface area (TPSA) is 328 Å². The van der Waals surface area contributed by atoms with Crippen LogP contribution in [0.1, 0.15) is 121 Å². The van der Waals surface area contributed by atoms with Crippen LogP contribution >= 0.6 is 11.6 Å². The first-order valence-electron chi connectivity index (χ1n) is 37.8. The van der Waals surface area contributed by atoms with Crippen molar-refractivity contribution in [3.63, 3.8) is 0 Å². The zero-order valence-electron chi connectivity index (χ0n) is 62.5. The molecule has 578 valence electrons. The lowest BCUT2D eigenvalue weighted by Gasteiger charge is -2.34. The lowest BCUT2D eigenvalue weighted by atomic mass is 10.0. The maximum absolute atomic E-state index is 14.7. The van der Waals surface area contributed by atoms with Gasteiger partial charge in [-0.2, -0.15) is 10.2 Å². The Labute approximate surface area is 653 Å². The van der Waals surface area contributed by atoms with E-state index in [1.165, 1.54) is 55.4 Å². The highest BCUT2D eigenvalue weighted by atomic mass is 35.5. The molecule has 0 radical (unpaired) electrons. The molecule has 4 N–H and O–H groups in total. The number of hydrogen-bond acceptors (Lipinski definition) is 23. The van der Waals surface area contributed by atoms with Gasteiger partial charge in [0, 0.05) is 98.8 Å². The van der Waals surface area contributed by atoms with E-state index in [9.17, 15) is 32.3 Å². The number of aryl methyl sites for hydroxylation is 5. The van der Waals surface area contributed by atoms with E-state index < -0.39 is 17.5 Å². The summed E-state index contributed by atoms with van der Waals surface area (Å²) in [6, 6.07) is 20.7. The lowest BCUT2D eigenvalue weighted by molar-refractivity contribution is 0.0678. The average Bonchev–Trinajstić information content (AvgIpc) is 1.65. The monoisotopic (exact) mass is 1550 g/mol. The predicted octanol–water partition coefficient (Wildman–Crippen LogP) is 11.5. The summed E-state index contributed by atoms with van der Waals surface area (Å²) in [5.41, 5.74) is 7.25. The molecule has 0 spiro atoms. The Morgan fingerprint density at radius 1 is 0.434 bits per heavy atom. The normalized spacial score (nSPS) is 23.1. The number of aromatic nitrogens is 15. The highest BCUT2D eigenvalue weighted by Gasteiger charge is 2.52. The second-order valence-electron chi connectivity index (χ2n) is 30.3. The number of amides is 4. The van der Waals surface area contributed by atoms with Gasteiger partial charge in [-0.1, -0.05) is 48.0 Å². The number of rotatable bonds is 15. The first-order chi connectivity index (χ1) is 54.8. The molecule has 11 aromatic rings. The highest BCUT2D eigenvalue weighted by Crippen LogP contribution is 2.45. The summed E-state index contributed by atoms with van der Waals surface area (Å²) in [7, 11) is 0. The van der Waals surface area contributed by atoms with E-state index in [1.807, 2.05) is 86.0 Å². The van der Waals surface area contributed by atoms with Gasteiger partial charge in [0.15, 0.2) is 17.5 Å². The van der Waals surface area contributed by atoms with E-state index >= 15 is 0 Å². The number of pyridine rings is 1. The maximum Gasteiger partial charge on any atom is 0.273 e. The molecule has 4 saturated heterocycles. The minimum absolute atomic E-state index is 0.00726. The third-order valence-corrected chi connectivity index (χ3v) is 22.6. The number of fused-ring (bicyclic) bond motifs is 8. The van der Waals surface area contributed by atoms with Crippen LogP contribution in [0.5, 0.6) is 0 Å². The second kappa shape index (κ2) is 32.2. The van der Waals surface area contributed by atoms with E-state index in [0.29, 0.717) is 93.8 Å². The summed E-state index contributed by atoms with van der Waals surface area (Å²) < 4.78 is 47.8. The third kappa shape index (κ3) is 16.0. The van der Waals surface area contributed by atoms with Crippen LogP contribution < -0.4 is 21.3 Å². The van der Waals surface area contributed by atoms with Gasteiger partial charge in [0.05, 0.1) is 94.8 Å². The fourth-order valence-corrected chi connectivity index (χ4v) is 17.5. The molecule has 4 saturated carbocycles. The van der Waals surface area contributed by atoms with Gasteiger partial charge in [-0.3, -0.25) is 19.2 Å². The van der Waals surface area contributed by atoms with Crippen molar-refractivity contribution in [2.75, 3.05) is 47.4 Å². The Morgan fingerprint density at radius 3 is 1.34 bits per heavy atom. The largest absolute Gasteiger partial charge is 0.445 e. The minimum Gasteiger partial charge on any atom is -0.445 e.